The molecule has 0 radical (unpaired) electrons. The summed E-state index contributed by atoms with van der Waals surface area (Å²) in [6.07, 6.45) is 0.213. The van der Waals surface area contributed by atoms with Crippen LogP contribution in [0.25, 0.3) is 0 Å². The van der Waals surface area contributed by atoms with Crippen LogP contribution in [0.3, 0.4) is 0 Å². The number of nitrogens with zero attached hydrogens (tertiary/aromatic N) is 6. The summed E-state index contributed by atoms with van der Waals surface area (Å²) in [5.74, 6) is 1.35. The van der Waals surface area contributed by atoms with Crippen molar-refractivity contribution in [2.24, 2.45) is 35.5 Å². The van der Waals surface area contributed by atoms with Crippen molar-refractivity contribution in [3.05, 3.63) is 344 Å². The number of aryl methyl sites for hydroxylation is 10. The number of anilines is 1. The van der Waals surface area contributed by atoms with Gasteiger partial charge >= 0.3 is 0 Å². The predicted molar refractivity (Wildman–Crippen MR) is 541 cm³/mol. The van der Waals surface area contributed by atoms with Gasteiger partial charge in [0.1, 0.15) is 23.0 Å². The maximum Gasteiger partial charge on any atom is 0.243 e. The highest BCUT2D eigenvalue weighted by Crippen LogP contribution is 2.32. The van der Waals surface area contributed by atoms with Crippen molar-refractivity contribution in [3.8, 4) is 5.75 Å². The maximum absolute atomic E-state index is 13.8. The number of ether oxygens (including phenoxy) is 1. The molecule has 0 unspecified atom stereocenters. The van der Waals surface area contributed by atoms with E-state index in [4.69, 9.17) is 23.7 Å². The van der Waals surface area contributed by atoms with Crippen molar-refractivity contribution < 1.29 is 87.3 Å². The molecule has 0 amide bonds. The van der Waals surface area contributed by atoms with Gasteiger partial charge in [0.05, 0.1) is 57.2 Å². The van der Waals surface area contributed by atoms with E-state index in [9.17, 15) is 69.3 Å². The van der Waals surface area contributed by atoms with Gasteiger partial charge in [-0.05, 0) is 183 Å². The van der Waals surface area contributed by atoms with Crippen LogP contribution in [0.5, 0.6) is 5.75 Å². The number of nitrogen functional groups attached to an aromatic ring is 1. The minimum absolute atomic E-state index is 0.0118. The molecule has 12 rings (SSSR count). The van der Waals surface area contributed by atoms with Crippen LogP contribution in [0, 0.1) is 77.0 Å². The zero-order valence-electron chi connectivity index (χ0n) is 82.5. The van der Waals surface area contributed by atoms with Crippen LogP contribution >= 0.6 is 0 Å². The predicted octanol–water partition coefficient (Wildman–Crippen LogP) is 18.9. The normalized spacial score (nSPS) is 13.2. The van der Waals surface area contributed by atoms with Crippen LogP contribution in [-0.4, -0.2) is 168 Å². The number of oxazole rings is 3. The number of aromatic nitrogens is 3. The number of hydrogen-bond donors (Lipinski definition) is 4. The van der Waals surface area contributed by atoms with Gasteiger partial charge in [0.2, 0.25) is 30.1 Å². The molecule has 6 atom stereocenters. The van der Waals surface area contributed by atoms with E-state index in [1.807, 2.05) is 172 Å². The smallest absolute Gasteiger partial charge is 0.243 e. The summed E-state index contributed by atoms with van der Waals surface area (Å²) in [5, 5.41) is 34.9. The number of benzene rings is 9. The quantitative estimate of drug-likeness (QED) is 0.0203. The average molecular weight is 1970 g/mol. The zero-order chi connectivity index (χ0) is 102. The van der Waals surface area contributed by atoms with Crippen molar-refractivity contribution >= 4 is 70.5 Å². The molecule has 3 aromatic heterocycles. The van der Waals surface area contributed by atoms with Gasteiger partial charge in [0.15, 0.2) is 52.4 Å². The molecule has 0 aliphatic rings. The number of hydrogen-bond acceptors (Lipinski definition) is 23. The van der Waals surface area contributed by atoms with Gasteiger partial charge in [-0.1, -0.05) is 206 Å². The molecule has 0 aliphatic heterocycles. The summed E-state index contributed by atoms with van der Waals surface area (Å²) in [4.78, 5) is 93.4. The van der Waals surface area contributed by atoms with Crippen molar-refractivity contribution in [2.45, 2.75) is 206 Å². The topological polar surface area (TPSA) is 389 Å². The Balaban J connectivity index is 0.000000216. The number of aliphatic hydroxyl groups excluding tert-OH is 3. The van der Waals surface area contributed by atoms with Gasteiger partial charge in [0, 0.05) is 157 Å². The molecule has 26 nitrogen and oxygen atoms in total. The number of nitrogens with two attached hydrogens (primary N) is 1. The van der Waals surface area contributed by atoms with E-state index in [1.54, 1.807) is 118 Å². The third kappa shape index (κ3) is 32.2. The molecule has 0 fully saturated rings. The summed E-state index contributed by atoms with van der Waals surface area (Å²) in [5.41, 5.74) is 14.6. The van der Waals surface area contributed by atoms with E-state index in [2.05, 4.69) is 15.0 Å². The SMILES string of the molecule is CCc1ccc(S(=O)(=O)N(CC(C)C)C[C@@H](O)[C@@H](CC(=O)c2cccc(C(=O)CCc3oc(C)nc3C)c2)Cc2ccccc2)cc1.COc1ccc(S(=O)(=O)N(CC(C)C)C[C@@H](O)[C@@H](CC(=O)c2cccc(C(=O)CCc3oc(C)nc3C)c2)Cc2ccccc2)cc1.Cc1nc(C)c(CCC(=O)c2cccc(C(=O)C[C@@H](Cc3ccccc3)[C@H](O)CN(CC(C)C)S(=O)(=O)c3ccc(N)cc3)c2)o1. The number of sulfonamides is 3. The van der Waals surface area contributed by atoms with Crippen molar-refractivity contribution in [2.75, 3.05) is 52.1 Å². The van der Waals surface area contributed by atoms with Crippen LogP contribution in [-0.2, 0) is 75.0 Å². The Morgan fingerprint density at radius 3 is 0.843 bits per heavy atom. The summed E-state index contributed by atoms with van der Waals surface area (Å²) in [7, 11) is -10.3. The van der Waals surface area contributed by atoms with E-state index >= 15 is 0 Å². The largest absolute Gasteiger partial charge is 0.497 e. The number of Topliss-reactive ketones (excluding diaryl/α,β-unsaturated/α-hetero) is 6. The maximum atomic E-state index is 13.8. The fourth-order valence-electron chi connectivity index (χ4n) is 16.8. The first kappa shape index (κ1) is 110. The molecule has 12 aromatic rings. The Morgan fingerprint density at radius 2 is 0.600 bits per heavy atom. The van der Waals surface area contributed by atoms with Gasteiger partial charge in [-0.2, -0.15) is 12.9 Å². The number of rotatable bonds is 50. The number of methoxy groups -OCH3 is 1. The van der Waals surface area contributed by atoms with Gasteiger partial charge in [-0.25, -0.2) is 40.2 Å². The molecule has 0 saturated carbocycles. The molecule has 9 aromatic carbocycles. The fraction of sp³-hybridized carbons (Fsp3) is 0.378. The summed E-state index contributed by atoms with van der Waals surface area (Å²) >= 11 is 0. The molecule has 0 bridgehead atoms. The number of carbonyl (C=O) groups is 6. The number of aliphatic hydroxyl groups is 3. The molecular weight excluding hydrogens is 1830 g/mol. The van der Waals surface area contributed by atoms with E-state index in [1.165, 1.54) is 56.4 Å². The van der Waals surface area contributed by atoms with Gasteiger partial charge in [-0.3, -0.25) is 28.8 Å². The Hall–Kier alpha value is -12.2. The van der Waals surface area contributed by atoms with Crippen LogP contribution < -0.4 is 10.5 Å². The molecule has 5 N–H and O–H groups in total. The highest BCUT2D eigenvalue weighted by Gasteiger charge is 2.37. The van der Waals surface area contributed by atoms with E-state index in [-0.39, 0.29) is 145 Å². The minimum Gasteiger partial charge on any atom is -0.497 e. The Morgan fingerprint density at radius 1 is 0.343 bits per heavy atom. The first-order chi connectivity index (χ1) is 66.6. The zero-order valence-corrected chi connectivity index (χ0v) is 85.0. The first-order valence-corrected chi connectivity index (χ1v) is 51.9. The molecule has 0 aliphatic carbocycles. The van der Waals surface area contributed by atoms with Crippen LogP contribution in [0.15, 0.2) is 265 Å². The lowest BCUT2D eigenvalue weighted by Gasteiger charge is -2.30. The molecule has 3 heterocycles. The first-order valence-electron chi connectivity index (χ1n) is 47.6. The lowest BCUT2D eigenvalue weighted by molar-refractivity contribution is 0.0688. The third-order valence-electron chi connectivity index (χ3n) is 24.3. The monoisotopic (exact) mass is 1960 g/mol. The molecule has 0 spiro atoms. The van der Waals surface area contributed by atoms with Crippen LogP contribution in [0.2, 0.25) is 0 Å². The highest BCUT2D eigenvalue weighted by molar-refractivity contribution is 7.89. The van der Waals surface area contributed by atoms with Gasteiger partial charge < -0.3 is 39.0 Å². The van der Waals surface area contributed by atoms with Crippen LogP contribution in [0.4, 0.5) is 5.69 Å². The Bertz CT molecular complexity index is 6200. The Labute approximate surface area is 824 Å². The second kappa shape index (κ2) is 51.8. The molecule has 0 saturated heterocycles. The third-order valence-corrected chi connectivity index (χ3v) is 29.9. The van der Waals surface area contributed by atoms with Crippen molar-refractivity contribution in [1.29, 1.82) is 0 Å². The fourth-order valence-corrected chi connectivity index (χ4v) is 21.7. The second-order valence-electron chi connectivity index (χ2n) is 37.1. The lowest BCUT2D eigenvalue weighted by atomic mass is 9.87. The summed E-state index contributed by atoms with van der Waals surface area (Å²) in [6.45, 7) is 24.4. The van der Waals surface area contributed by atoms with Gasteiger partial charge in [0.25, 0.3) is 0 Å². The molecule has 29 heteroatoms. The van der Waals surface area contributed by atoms with E-state index in [0.717, 1.165) is 45.8 Å². The van der Waals surface area contributed by atoms with Crippen LogP contribution in [0.1, 0.15) is 223 Å². The lowest BCUT2D eigenvalue weighted by Crippen LogP contribution is -2.43. The van der Waals surface area contributed by atoms with E-state index in [0.29, 0.717) is 118 Å². The average Bonchev–Trinajstić information content (AvgIpc) is 0.850. The number of ketones is 6. The van der Waals surface area contributed by atoms with E-state index < -0.39 is 66.1 Å². The van der Waals surface area contributed by atoms with Gasteiger partial charge in [-0.15, -0.1) is 0 Å². The van der Waals surface area contributed by atoms with Crippen molar-refractivity contribution in [1.82, 2.24) is 27.9 Å². The summed E-state index contributed by atoms with van der Waals surface area (Å²) < 4.78 is 108. The molecular formula is C111H133N7O19S3. The standard InChI is InChI=1S/C38H46N2O6S.C37H44N2O7S.C36H43N3O6S/c1-6-29-15-17-34(18-16-29)47(44,45)40(24-26(2)3)25-37(43)33(21-30-11-8-7-9-12-30)23-36(42)32-14-10-13-31(22-32)35(41)19-20-38-27(4)39-28(5)46-38;1-25(2)23-39(47(43,44)33-16-14-32(45-5)15-17-33)24-36(42)31(20-28-10-7-6-8-11-28)22-35(41)30-13-9-12-29(21-30)34(40)18-19-37-26(3)38-27(4)46-37;1-24(2)22-39(46(43,44)32-15-13-31(37)14-16-32)23-35(42)30(19-27-9-6-5-7-10-27)21-34(41)29-12-8-11-28(20-29)33(40)17-18-36-25(3)38-26(4)45-36/h7-18,22,26,33,37,43H,6,19-21,23-25H2,1-5H3;6-17,21,25,31,36,42H,18-20,22-24H2,1-5H3;5-16,20,24,30,35,42H,17-19,21-23,37H2,1-4H3/t33-,37-;31-,36-;30-,35-/m111/s1. The molecule has 140 heavy (non-hydrogen) atoms. The second-order valence-corrected chi connectivity index (χ2v) is 42.9. The number of carbonyl (C=O) groups excluding carboxylic acids is 6. The summed E-state index contributed by atoms with van der Waals surface area (Å²) in [6, 6.07) is 67.4. The highest BCUT2D eigenvalue weighted by atomic mass is 32.2. The Kier molecular flexibility index (Phi) is 40.7. The molecule has 744 valence electrons. The minimum atomic E-state index is -3.96. The van der Waals surface area contributed by atoms with Crippen molar-refractivity contribution in [3.63, 3.8) is 0 Å².